The van der Waals surface area contributed by atoms with Crippen molar-refractivity contribution in [3.8, 4) is 0 Å². The number of hydrogen-bond donors (Lipinski definition) is 0. The zero-order valence-electron chi connectivity index (χ0n) is 7.35. The van der Waals surface area contributed by atoms with Crippen LogP contribution in [0.4, 0.5) is 0 Å². The third-order valence-electron chi connectivity index (χ3n) is 1.89. The molecule has 0 radical (unpaired) electrons. The SMILES string of the molecule is C(=C/C1OCCO1)/c1ccccc1. The molecule has 2 rings (SSSR count). The molecule has 1 fully saturated rings. The van der Waals surface area contributed by atoms with Crippen LogP contribution in [0.15, 0.2) is 36.4 Å². The van der Waals surface area contributed by atoms with Gasteiger partial charge in [-0.2, -0.15) is 0 Å². The monoisotopic (exact) mass is 176 g/mol. The molecule has 2 nitrogen and oxygen atoms in total. The predicted molar refractivity (Wildman–Crippen MR) is 51.2 cm³/mol. The van der Waals surface area contributed by atoms with Crippen molar-refractivity contribution in [1.82, 2.24) is 0 Å². The summed E-state index contributed by atoms with van der Waals surface area (Å²) in [5.41, 5.74) is 1.17. The Hall–Kier alpha value is -1.12. The summed E-state index contributed by atoms with van der Waals surface area (Å²) in [6, 6.07) is 10.1. The van der Waals surface area contributed by atoms with E-state index in [2.05, 4.69) is 0 Å². The molecule has 0 amide bonds. The highest BCUT2D eigenvalue weighted by atomic mass is 16.7. The largest absolute Gasteiger partial charge is 0.347 e. The first kappa shape index (κ1) is 8.48. The van der Waals surface area contributed by atoms with Crippen LogP contribution >= 0.6 is 0 Å². The summed E-state index contributed by atoms with van der Waals surface area (Å²) in [4.78, 5) is 0. The predicted octanol–water partition coefficient (Wildman–Crippen LogP) is 2.07. The van der Waals surface area contributed by atoms with Gasteiger partial charge in [-0.15, -0.1) is 0 Å². The fourth-order valence-corrected chi connectivity index (χ4v) is 1.24. The molecular formula is C11H12O2. The summed E-state index contributed by atoms with van der Waals surface area (Å²) in [5.74, 6) is 0. The number of rotatable bonds is 2. The van der Waals surface area contributed by atoms with Gasteiger partial charge in [0.1, 0.15) is 0 Å². The molecular weight excluding hydrogens is 164 g/mol. The second-order valence-corrected chi connectivity index (χ2v) is 2.88. The van der Waals surface area contributed by atoms with Crippen molar-refractivity contribution in [3.63, 3.8) is 0 Å². The average molecular weight is 176 g/mol. The molecule has 1 heterocycles. The van der Waals surface area contributed by atoms with E-state index in [4.69, 9.17) is 9.47 Å². The smallest absolute Gasteiger partial charge is 0.177 e. The molecule has 1 aliphatic heterocycles. The van der Waals surface area contributed by atoms with Gasteiger partial charge in [-0.05, 0) is 11.6 Å². The number of ether oxygens (including phenoxy) is 2. The quantitative estimate of drug-likeness (QED) is 0.686. The fraction of sp³-hybridized carbons (Fsp3) is 0.273. The Morgan fingerprint density at radius 2 is 1.77 bits per heavy atom. The minimum absolute atomic E-state index is 0.153. The molecule has 0 bridgehead atoms. The maximum Gasteiger partial charge on any atom is 0.177 e. The van der Waals surface area contributed by atoms with Crippen LogP contribution in [0.1, 0.15) is 5.56 Å². The first-order valence-corrected chi connectivity index (χ1v) is 4.41. The van der Waals surface area contributed by atoms with Crippen molar-refractivity contribution in [2.24, 2.45) is 0 Å². The Morgan fingerprint density at radius 1 is 1.08 bits per heavy atom. The second-order valence-electron chi connectivity index (χ2n) is 2.88. The van der Waals surface area contributed by atoms with Gasteiger partial charge in [-0.3, -0.25) is 0 Å². The van der Waals surface area contributed by atoms with E-state index in [1.807, 2.05) is 42.5 Å². The van der Waals surface area contributed by atoms with Gasteiger partial charge in [-0.25, -0.2) is 0 Å². The molecule has 1 aromatic rings. The van der Waals surface area contributed by atoms with Crippen LogP contribution in [0.25, 0.3) is 6.08 Å². The van der Waals surface area contributed by atoms with Crippen LogP contribution in [-0.4, -0.2) is 19.5 Å². The molecule has 0 saturated carbocycles. The van der Waals surface area contributed by atoms with Crippen molar-refractivity contribution >= 4 is 6.08 Å². The Morgan fingerprint density at radius 3 is 2.46 bits per heavy atom. The zero-order chi connectivity index (χ0) is 8.93. The van der Waals surface area contributed by atoms with Gasteiger partial charge in [0.15, 0.2) is 6.29 Å². The summed E-state index contributed by atoms with van der Waals surface area (Å²) in [7, 11) is 0. The standard InChI is InChI=1S/C11H12O2/c1-2-4-10(5-3-1)6-7-11-12-8-9-13-11/h1-7,11H,8-9H2/b7-6-. The van der Waals surface area contributed by atoms with Crippen molar-refractivity contribution in [2.45, 2.75) is 6.29 Å². The van der Waals surface area contributed by atoms with Crippen molar-refractivity contribution in [3.05, 3.63) is 42.0 Å². The minimum Gasteiger partial charge on any atom is -0.347 e. The van der Waals surface area contributed by atoms with Gasteiger partial charge in [0.2, 0.25) is 0 Å². The minimum atomic E-state index is -0.153. The topological polar surface area (TPSA) is 18.5 Å². The van der Waals surface area contributed by atoms with Crippen molar-refractivity contribution in [2.75, 3.05) is 13.2 Å². The molecule has 0 unspecified atom stereocenters. The molecule has 0 N–H and O–H groups in total. The highest BCUT2D eigenvalue weighted by Crippen LogP contribution is 2.08. The molecule has 0 aromatic heterocycles. The highest BCUT2D eigenvalue weighted by Gasteiger charge is 2.10. The van der Waals surface area contributed by atoms with Gasteiger partial charge >= 0.3 is 0 Å². The molecule has 1 aliphatic rings. The Bertz CT molecular complexity index is 273. The lowest BCUT2D eigenvalue weighted by atomic mass is 10.2. The van der Waals surface area contributed by atoms with E-state index in [0.717, 1.165) is 0 Å². The van der Waals surface area contributed by atoms with E-state index < -0.39 is 0 Å². The lowest BCUT2D eigenvalue weighted by molar-refractivity contribution is -0.000907. The molecule has 1 saturated heterocycles. The van der Waals surface area contributed by atoms with E-state index in [0.29, 0.717) is 13.2 Å². The van der Waals surface area contributed by atoms with E-state index in [1.54, 1.807) is 0 Å². The summed E-state index contributed by atoms with van der Waals surface area (Å²) >= 11 is 0. The van der Waals surface area contributed by atoms with E-state index in [-0.39, 0.29) is 6.29 Å². The van der Waals surface area contributed by atoms with Crippen LogP contribution < -0.4 is 0 Å². The Balaban J connectivity index is 1.97. The van der Waals surface area contributed by atoms with Crippen molar-refractivity contribution in [1.29, 1.82) is 0 Å². The van der Waals surface area contributed by atoms with Gasteiger partial charge < -0.3 is 9.47 Å². The highest BCUT2D eigenvalue weighted by molar-refractivity contribution is 5.48. The zero-order valence-corrected chi connectivity index (χ0v) is 7.35. The fourth-order valence-electron chi connectivity index (χ4n) is 1.24. The lowest BCUT2D eigenvalue weighted by Crippen LogP contribution is -2.01. The van der Waals surface area contributed by atoms with Gasteiger partial charge in [-0.1, -0.05) is 36.4 Å². The third kappa shape index (κ3) is 2.41. The van der Waals surface area contributed by atoms with E-state index in [9.17, 15) is 0 Å². The number of benzene rings is 1. The van der Waals surface area contributed by atoms with Gasteiger partial charge in [0.25, 0.3) is 0 Å². The van der Waals surface area contributed by atoms with Gasteiger partial charge in [0, 0.05) is 0 Å². The Kier molecular flexibility index (Phi) is 2.75. The van der Waals surface area contributed by atoms with Crippen LogP contribution in [0.2, 0.25) is 0 Å². The van der Waals surface area contributed by atoms with Crippen molar-refractivity contribution < 1.29 is 9.47 Å². The summed E-state index contributed by atoms with van der Waals surface area (Å²) in [5, 5.41) is 0. The van der Waals surface area contributed by atoms with Crippen LogP contribution in [-0.2, 0) is 9.47 Å². The Labute approximate surface area is 77.8 Å². The first-order chi connectivity index (χ1) is 6.45. The molecule has 1 aromatic carbocycles. The first-order valence-electron chi connectivity index (χ1n) is 4.41. The number of hydrogen-bond acceptors (Lipinski definition) is 2. The molecule has 68 valence electrons. The average Bonchev–Trinajstić information content (AvgIpc) is 2.69. The molecule has 2 heteroatoms. The molecule has 0 spiro atoms. The maximum atomic E-state index is 5.27. The molecule has 13 heavy (non-hydrogen) atoms. The van der Waals surface area contributed by atoms with Gasteiger partial charge in [0.05, 0.1) is 13.2 Å². The van der Waals surface area contributed by atoms with Crippen LogP contribution in [0.3, 0.4) is 0 Å². The summed E-state index contributed by atoms with van der Waals surface area (Å²) in [6.07, 6.45) is 3.79. The van der Waals surface area contributed by atoms with E-state index in [1.165, 1.54) is 5.56 Å². The third-order valence-corrected chi connectivity index (χ3v) is 1.89. The van der Waals surface area contributed by atoms with E-state index >= 15 is 0 Å². The normalized spacial score (nSPS) is 18.5. The van der Waals surface area contributed by atoms with Crippen LogP contribution in [0, 0.1) is 0 Å². The maximum absolute atomic E-state index is 5.27. The summed E-state index contributed by atoms with van der Waals surface area (Å²) in [6.45, 7) is 1.40. The second kappa shape index (κ2) is 4.21. The molecule has 0 atom stereocenters. The summed E-state index contributed by atoms with van der Waals surface area (Å²) < 4.78 is 10.5. The molecule has 0 aliphatic carbocycles. The lowest BCUT2D eigenvalue weighted by Gasteiger charge is -2.00. The van der Waals surface area contributed by atoms with Crippen LogP contribution in [0.5, 0.6) is 0 Å².